The standard InChI is InChI=1S/C14H15BrClNS/c1-3-17-13(14-9(2)6-7-18-14)11-5-4-10(16)8-12(11)15/h4-8,13,17H,3H2,1-2H3. The predicted molar refractivity (Wildman–Crippen MR) is 83.7 cm³/mol. The molecule has 2 aromatic rings. The Kier molecular flexibility index (Phi) is 4.84. The van der Waals surface area contributed by atoms with Crippen molar-refractivity contribution in [3.05, 3.63) is 55.1 Å². The van der Waals surface area contributed by atoms with Gasteiger partial charge >= 0.3 is 0 Å². The highest BCUT2D eigenvalue weighted by atomic mass is 79.9. The van der Waals surface area contributed by atoms with Gasteiger partial charge in [-0.1, -0.05) is 40.5 Å². The summed E-state index contributed by atoms with van der Waals surface area (Å²) in [7, 11) is 0. The topological polar surface area (TPSA) is 12.0 Å². The van der Waals surface area contributed by atoms with Crippen molar-refractivity contribution in [2.45, 2.75) is 19.9 Å². The molecule has 1 heterocycles. The van der Waals surface area contributed by atoms with E-state index in [-0.39, 0.29) is 6.04 Å². The van der Waals surface area contributed by atoms with Gasteiger partial charge < -0.3 is 5.32 Å². The van der Waals surface area contributed by atoms with E-state index in [9.17, 15) is 0 Å². The van der Waals surface area contributed by atoms with Crippen molar-refractivity contribution in [3.63, 3.8) is 0 Å². The number of rotatable bonds is 4. The van der Waals surface area contributed by atoms with E-state index in [1.807, 2.05) is 12.1 Å². The Bertz CT molecular complexity index is 538. The van der Waals surface area contributed by atoms with Crippen LogP contribution in [0.3, 0.4) is 0 Å². The first-order chi connectivity index (χ1) is 8.63. The molecule has 2 rings (SSSR count). The zero-order chi connectivity index (χ0) is 13.1. The van der Waals surface area contributed by atoms with Crippen LogP contribution in [0.1, 0.15) is 29.0 Å². The van der Waals surface area contributed by atoms with Crippen molar-refractivity contribution in [1.82, 2.24) is 5.32 Å². The lowest BCUT2D eigenvalue weighted by molar-refractivity contribution is 0.635. The fourth-order valence-corrected chi connectivity index (χ4v) is 3.89. The largest absolute Gasteiger partial charge is 0.306 e. The lowest BCUT2D eigenvalue weighted by atomic mass is 10.0. The Labute approximate surface area is 125 Å². The van der Waals surface area contributed by atoms with Crippen LogP contribution in [-0.2, 0) is 0 Å². The van der Waals surface area contributed by atoms with Crippen molar-refractivity contribution in [2.75, 3.05) is 6.54 Å². The van der Waals surface area contributed by atoms with E-state index in [0.717, 1.165) is 16.0 Å². The highest BCUT2D eigenvalue weighted by Crippen LogP contribution is 2.34. The second kappa shape index (κ2) is 6.20. The smallest absolute Gasteiger partial charge is 0.0684 e. The predicted octanol–water partition coefficient (Wildman–Crippen LogP) is 5.17. The minimum atomic E-state index is 0.224. The molecule has 0 bridgehead atoms. The van der Waals surface area contributed by atoms with Gasteiger partial charge in [0.1, 0.15) is 0 Å². The zero-order valence-corrected chi connectivity index (χ0v) is 13.5. The van der Waals surface area contributed by atoms with Crippen molar-refractivity contribution < 1.29 is 0 Å². The minimum Gasteiger partial charge on any atom is -0.306 e. The van der Waals surface area contributed by atoms with Crippen LogP contribution < -0.4 is 5.32 Å². The van der Waals surface area contributed by atoms with Gasteiger partial charge in [-0.05, 0) is 48.2 Å². The molecule has 96 valence electrons. The fourth-order valence-electron chi connectivity index (χ4n) is 1.96. The van der Waals surface area contributed by atoms with Crippen molar-refractivity contribution in [2.24, 2.45) is 0 Å². The van der Waals surface area contributed by atoms with Gasteiger partial charge in [0.05, 0.1) is 6.04 Å². The lowest BCUT2D eigenvalue weighted by Gasteiger charge is -2.19. The Hall–Kier alpha value is -0.350. The number of thiophene rings is 1. The molecular weight excluding hydrogens is 330 g/mol. The molecule has 0 spiro atoms. The number of benzene rings is 1. The summed E-state index contributed by atoms with van der Waals surface area (Å²) in [6, 6.07) is 8.35. The van der Waals surface area contributed by atoms with Gasteiger partial charge in [-0.25, -0.2) is 0 Å². The first kappa shape index (κ1) is 14.1. The maximum atomic E-state index is 6.01. The van der Waals surface area contributed by atoms with E-state index < -0.39 is 0 Å². The third-order valence-electron chi connectivity index (χ3n) is 2.85. The Morgan fingerprint density at radius 2 is 2.17 bits per heavy atom. The van der Waals surface area contributed by atoms with Gasteiger partial charge in [0.2, 0.25) is 0 Å². The molecular formula is C14H15BrClNS. The van der Waals surface area contributed by atoms with Gasteiger partial charge in [-0.15, -0.1) is 11.3 Å². The molecule has 1 N–H and O–H groups in total. The second-order valence-electron chi connectivity index (χ2n) is 4.12. The minimum absolute atomic E-state index is 0.224. The summed E-state index contributed by atoms with van der Waals surface area (Å²) in [6.45, 7) is 5.21. The van der Waals surface area contributed by atoms with E-state index in [0.29, 0.717) is 0 Å². The number of halogens is 2. The molecule has 18 heavy (non-hydrogen) atoms. The highest BCUT2D eigenvalue weighted by Gasteiger charge is 2.18. The molecule has 0 aliphatic heterocycles. The van der Waals surface area contributed by atoms with Crippen LogP contribution in [0.2, 0.25) is 5.02 Å². The summed E-state index contributed by atoms with van der Waals surface area (Å²) in [5.41, 5.74) is 2.56. The monoisotopic (exact) mass is 343 g/mol. The molecule has 0 aliphatic rings. The maximum Gasteiger partial charge on any atom is 0.0684 e. The Balaban J connectivity index is 2.45. The summed E-state index contributed by atoms with van der Waals surface area (Å²) in [6.07, 6.45) is 0. The number of hydrogen-bond donors (Lipinski definition) is 1. The van der Waals surface area contributed by atoms with E-state index in [1.165, 1.54) is 16.0 Å². The van der Waals surface area contributed by atoms with Gasteiger partial charge in [0.25, 0.3) is 0 Å². The molecule has 0 fully saturated rings. The molecule has 1 aromatic heterocycles. The molecule has 0 aliphatic carbocycles. The molecule has 0 saturated heterocycles. The first-order valence-electron chi connectivity index (χ1n) is 5.85. The molecule has 0 amide bonds. The molecule has 1 unspecified atom stereocenters. The molecule has 1 atom stereocenters. The summed E-state index contributed by atoms with van der Waals surface area (Å²) >= 11 is 11.4. The van der Waals surface area contributed by atoms with Crippen molar-refractivity contribution in [3.8, 4) is 0 Å². The van der Waals surface area contributed by atoms with Gasteiger partial charge in [0, 0.05) is 14.4 Å². The van der Waals surface area contributed by atoms with Crippen LogP contribution in [0.5, 0.6) is 0 Å². The fraction of sp³-hybridized carbons (Fsp3) is 0.286. The van der Waals surface area contributed by atoms with Crippen molar-refractivity contribution in [1.29, 1.82) is 0 Å². The molecule has 0 saturated carbocycles. The third-order valence-corrected chi connectivity index (χ3v) is 4.85. The van der Waals surface area contributed by atoms with Gasteiger partial charge in [-0.2, -0.15) is 0 Å². The van der Waals surface area contributed by atoms with Crippen LogP contribution >= 0.6 is 38.9 Å². The second-order valence-corrected chi connectivity index (χ2v) is 6.36. The summed E-state index contributed by atoms with van der Waals surface area (Å²) in [4.78, 5) is 1.36. The summed E-state index contributed by atoms with van der Waals surface area (Å²) < 4.78 is 1.05. The molecule has 1 aromatic carbocycles. The van der Waals surface area contributed by atoms with E-state index in [1.54, 1.807) is 11.3 Å². The van der Waals surface area contributed by atoms with Crippen molar-refractivity contribution >= 4 is 38.9 Å². The van der Waals surface area contributed by atoms with E-state index >= 15 is 0 Å². The van der Waals surface area contributed by atoms with E-state index in [4.69, 9.17) is 11.6 Å². The van der Waals surface area contributed by atoms with Crippen LogP contribution in [-0.4, -0.2) is 6.54 Å². The summed E-state index contributed by atoms with van der Waals surface area (Å²) in [5, 5.41) is 6.43. The highest BCUT2D eigenvalue weighted by molar-refractivity contribution is 9.10. The van der Waals surface area contributed by atoms with Crippen LogP contribution in [0.4, 0.5) is 0 Å². The first-order valence-corrected chi connectivity index (χ1v) is 7.91. The zero-order valence-electron chi connectivity index (χ0n) is 10.3. The number of hydrogen-bond acceptors (Lipinski definition) is 2. The maximum absolute atomic E-state index is 6.01. The average molecular weight is 345 g/mol. The van der Waals surface area contributed by atoms with Gasteiger partial charge in [-0.3, -0.25) is 0 Å². The normalized spacial score (nSPS) is 12.7. The van der Waals surface area contributed by atoms with Gasteiger partial charge in [0.15, 0.2) is 0 Å². The van der Waals surface area contributed by atoms with Crippen LogP contribution in [0.25, 0.3) is 0 Å². The Morgan fingerprint density at radius 1 is 1.39 bits per heavy atom. The average Bonchev–Trinajstić information content (AvgIpc) is 2.73. The van der Waals surface area contributed by atoms with Crippen LogP contribution in [0, 0.1) is 6.92 Å². The summed E-state index contributed by atoms with van der Waals surface area (Å²) in [5.74, 6) is 0. The third kappa shape index (κ3) is 2.97. The van der Waals surface area contributed by atoms with Crippen LogP contribution in [0.15, 0.2) is 34.1 Å². The molecule has 1 nitrogen and oxygen atoms in total. The quantitative estimate of drug-likeness (QED) is 0.806. The number of nitrogens with one attached hydrogen (secondary N) is 1. The van der Waals surface area contributed by atoms with E-state index in [2.05, 4.69) is 52.6 Å². The lowest BCUT2D eigenvalue weighted by Crippen LogP contribution is -2.22. The Morgan fingerprint density at radius 3 is 2.72 bits per heavy atom. The molecule has 4 heteroatoms. The molecule has 0 radical (unpaired) electrons. The number of aryl methyl sites for hydroxylation is 1. The SMILES string of the molecule is CCNC(c1ccc(Cl)cc1Br)c1sccc1C.